The van der Waals surface area contributed by atoms with Gasteiger partial charge in [0, 0.05) is 18.7 Å². The van der Waals surface area contributed by atoms with Gasteiger partial charge in [-0.25, -0.2) is 0 Å². The van der Waals surface area contributed by atoms with Crippen LogP contribution >= 0.6 is 0 Å². The van der Waals surface area contributed by atoms with Gasteiger partial charge >= 0.3 is 5.97 Å². The van der Waals surface area contributed by atoms with Gasteiger partial charge in [-0.2, -0.15) is 0 Å². The topological polar surface area (TPSA) is 66.6 Å². The van der Waals surface area contributed by atoms with Crippen LogP contribution in [0.3, 0.4) is 0 Å². The molecular formula is C16H18N2O3. The van der Waals surface area contributed by atoms with E-state index in [-0.39, 0.29) is 0 Å². The maximum Gasteiger partial charge on any atom is 0.325 e. The van der Waals surface area contributed by atoms with Crippen molar-refractivity contribution in [3.63, 3.8) is 0 Å². The van der Waals surface area contributed by atoms with Crippen molar-refractivity contribution >= 4 is 5.97 Å². The molecule has 5 heteroatoms. The Balaban J connectivity index is 1.94. The van der Waals surface area contributed by atoms with E-state index in [4.69, 9.17) is 4.52 Å². The Labute approximate surface area is 123 Å². The van der Waals surface area contributed by atoms with E-state index in [0.717, 1.165) is 41.1 Å². The van der Waals surface area contributed by atoms with Crippen LogP contribution in [0.25, 0.3) is 0 Å². The molecule has 5 nitrogen and oxygen atoms in total. The second-order valence-electron chi connectivity index (χ2n) is 5.46. The highest BCUT2D eigenvalue weighted by molar-refractivity contribution is 5.76. The van der Waals surface area contributed by atoms with Gasteiger partial charge in [-0.3, -0.25) is 9.69 Å². The predicted molar refractivity (Wildman–Crippen MR) is 76.9 cm³/mol. The molecule has 0 amide bonds. The third-order valence-corrected chi connectivity index (χ3v) is 4.16. The summed E-state index contributed by atoms with van der Waals surface area (Å²) in [6, 6.07) is 7.17. The second-order valence-corrected chi connectivity index (χ2v) is 5.46. The molecule has 1 unspecified atom stereocenters. The fourth-order valence-corrected chi connectivity index (χ4v) is 3.01. The Hall–Kier alpha value is -2.14. The molecule has 0 saturated heterocycles. The fourth-order valence-electron chi connectivity index (χ4n) is 3.01. The largest absolute Gasteiger partial charge is 0.480 e. The number of aryl methyl sites for hydroxylation is 2. The van der Waals surface area contributed by atoms with E-state index in [1.54, 1.807) is 0 Å². The lowest BCUT2D eigenvalue weighted by Gasteiger charge is -2.34. The quantitative estimate of drug-likeness (QED) is 0.939. The van der Waals surface area contributed by atoms with Crippen LogP contribution in [0.2, 0.25) is 0 Å². The molecule has 1 aromatic carbocycles. The predicted octanol–water partition coefficient (Wildman–Crippen LogP) is 2.48. The monoisotopic (exact) mass is 286 g/mol. The first-order valence-electron chi connectivity index (χ1n) is 7.04. The maximum atomic E-state index is 11.7. The van der Waals surface area contributed by atoms with Crippen molar-refractivity contribution in [2.45, 2.75) is 32.9 Å². The zero-order valence-corrected chi connectivity index (χ0v) is 12.2. The van der Waals surface area contributed by atoms with Crippen LogP contribution in [0.15, 0.2) is 28.8 Å². The molecule has 0 aliphatic carbocycles. The molecule has 0 bridgehead atoms. The molecule has 0 fully saturated rings. The van der Waals surface area contributed by atoms with Crippen LogP contribution in [0.4, 0.5) is 0 Å². The first kappa shape index (κ1) is 13.8. The van der Waals surface area contributed by atoms with Crippen molar-refractivity contribution < 1.29 is 14.4 Å². The Morgan fingerprint density at radius 1 is 1.43 bits per heavy atom. The van der Waals surface area contributed by atoms with E-state index < -0.39 is 12.0 Å². The van der Waals surface area contributed by atoms with Gasteiger partial charge in [-0.05, 0) is 31.4 Å². The first-order chi connectivity index (χ1) is 10.1. The second kappa shape index (κ2) is 5.33. The van der Waals surface area contributed by atoms with Gasteiger partial charge in [0.25, 0.3) is 0 Å². The van der Waals surface area contributed by atoms with Crippen molar-refractivity contribution in [3.8, 4) is 0 Å². The molecular weight excluding hydrogens is 268 g/mol. The number of aliphatic carboxylic acids is 1. The van der Waals surface area contributed by atoms with Crippen molar-refractivity contribution in [1.29, 1.82) is 0 Å². The summed E-state index contributed by atoms with van der Waals surface area (Å²) in [6.45, 7) is 5.02. The van der Waals surface area contributed by atoms with E-state index in [2.05, 4.69) is 5.16 Å². The molecule has 1 N–H and O–H groups in total. The minimum Gasteiger partial charge on any atom is -0.480 e. The first-order valence-corrected chi connectivity index (χ1v) is 7.04. The SMILES string of the molecule is Cc1noc(C)c1CN1CCc2ccccc2C1C(=O)O. The lowest BCUT2D eigenvalue weighted by molar-refractivity contribution is -0.144. The summed E-state index contributed by atoms with van der Waals surface area (Å²) < 4.78 is 5.18. The van der Waals surface area contributed by atoms with Crippen LogP contribution in [0.5, 0.6) is 0 Å². The lowest BCUT2D eigenvalue weighted by Crippen LogP contribution is -2.39. The van der Waals surface area contributed by atoms with Crippen molar-refractivity contribution in [3.05, 3.63) is 52.4 Å². The summed E-state index contributed by atoms with van der Waals surface area (Å²) >= 11 is 0. The summed E-state index contributed by atoms with van der Waals surface area (Å²) in [5.74, 6) is -0.0515. The minimum atomic E-state index is -0.811. The number of hydrogen-bond acceptors (Lipinski definition) is 4. The molecule has 21 heavy (non-hydrogen) atoms. The molecule has 0 radical (unpaired) electrons. The molecule has 3 rings (SSSR count). The molecule has 1 atom stereocenters. The van der Waals surface area contributed by atoms with Gasteiger partial charge in [0.05, 0.1) is 5.69 Å². The molecule has 1 aromatic heterocycles. The Kier molecular flexibility index (Phi) is 3.51. The number of benzene rings is 1. The third kappa shape index (κ3) is 2.45. The fraction of sp³-hybridized carbons (Fsp3) is 0.375. The number of nitrogens with zero attached hydrogens (tertiary/aromatic N) is 2. The number of aromatic nitrogens is 1. The average Bonchev–Trinajstić information content (AvgIpc) is 2.78. The zero-order chi connectivity index (χ0) is 15.0. The molecule has 1 aliphatic rings. The maximum absolute atomic E-state index is 11.7. The number of carboxylic acid groups (broad SMARTS) is 1. The molecule has 2 heterocycles. The summed E-state index contributed by atoms with van der Waals surface area (Å²) in [5, 5.41) is 13.6. The highest BCUT2D eigenvalue weighted by Crippen LogP contribution is 2.32. The molecule has 0 saturated carbocycles. The minimum absolute atomic E-state index is 0.548. The van der Waals surface area contributed by atoms with E-state index in [0.29, 0.717) is 6.54 Å². The number of rotatable bonds is 3. The summed E-state index contributed by atoms with van der Waals surface area (Å²) in [4.78, 5) is 13.7. The van der Waals surface area contributed by atoms with Gasteiger partial charge in [-0.15, -0.1) is 0 Å². The summed E-state index contributed by atoms with van der Waals surface area (Å²) in [7, 11) is 0. The molecule has 0 spiro atoms. The summed E-state index contributed by atoms with van der Waals surface area (Å²) in [5.41, 5.74) is 3.83. The van der Waals surface area contributed by atoms with E-state index in [1.807, 2.05) is 43.0 Å². The number of carbonyl (C=O) groups is 1. The van der Waals surface area contributed by atoms with Gasteiger partial charge in [-0.1, -0.05) is 29.4 Å². The molecule has 110 valence electrons. The highest BCUT2D eigenvalue weighted by Gasteiger charge is 2.33. The Morgan fingerprint density at radius 3 is 2.86 bits per heavy atom. The number of hydrogen-bond donors (Lipinski definition) is 1. The van der Waals surface area contributed by atoms with Crippen LogP contribution < -0.4 is 0 Å². The summed E-state index contributed by atoms with van der Waals surface area (Å²) in [6.07, 6.45) is 0.864. The van der Waals surface area contributed by atoms with Crippen molar-refractivity contribution in [2.75, 3.05) is 6.54 Å². The van der Waals surface area contributed by atoms with Gasteiger partial charge in [0.15, 0.2) is 0 Å². The lowest BCUT2D eigenvalue weighted by atomic mass is 9.92. The zero-order valence-electron chi connectivity index (χ0n) is 12.2. The van der Waals surface area contributed by atoms with Crippen LogP contribution in [0.1, 0.15) is 34.2 Å². The molecule has 1 aliphatic heterocycles. The van der Waals surface area contributed by atoms with Crippen molar-refractivity contribution in [2.24, 2.45) is 0 Å². The standard InChI is InChI=1S/C16H18N2O3/c1-10-14(11(2)21-17-10)9-18-8-7-12-5-3-4-6-13(12)15(18)16(19)20/h3-6,15H,7-9H2,1-2H3,(H,19,20). The van der Waals surface area contributed by atoms with E-state index in [9.17, 15) is 9.90 Å². The molecule has 2 aromatic rings. The third-order valence-electron chi connectivity index (χ3n) is 4.16. The van der Waals surface area contributed by atoms with E-state index >= 15 is 0 Å². The Morgan fingerprint density at radius 2 is 2.19 bits per heavy atom. The van der Waals surface area contributed by atoms with Crippen LogP contribution in [0, 0.1) is 13.8 Å². The number of fused-ring (bicyclic) bond motifs is 1. The Bertz CT molecular complexity index is 658. The smallest absolute Gasteiger partial charge is 0.325 e. The number of carboxylic acids is 1. The normalized spacial score (nSPS) is 18.5. The van der Waals surface area contributed by atoms with Crippen molar-refractivity contribution in [1.82, 2.24) is 10.1 Å². The van der Waals surface area contributed by atoms with Gasteiger partial charge in [0.2, 0.25) is 0 Å². The van der Waals surface area contributed by atoms with Gasteiger partial charge in [0.1, 0.15) is 11.8 Å². The average molecular weight is 286 g/mol. The van der Waals surface area contributed by atoms with Crippen LogP contribution in [-0.4, -0.2) is 27.7 Å². The van der Waals surface area contributed by atoms with E-state index in [1.165, 1.54) is 0 Å². The van der Waals surface area contributed by atoms with Gasteiger partial charge < -0.3 is 9.63 Å². The van der Waals surface area contributed by atoms with Crippen LogP contribution in [-0.2, 0) is 17.8 Å². The highest BCUT2D eigenvalue weighted by atomic mass is 16.5.